The van der Waals surface area contributed by atoms with E-state index >= 15 is 0 Å². The Balaban J connectivity index is 1.92. The molecule has 26 heavy (non-hydrogen) atoms. The second kappa shape index (κ2) is 6.34. The number of rotatable bonds is 2. The van der Waals surface area contributed by atoms with Crippen LogP contribution in [0.1, 0.15) is 11.1 Å². The van der Waals surface area contributed by atoms with E-state index in [0.717, 1.165) is 22.0 Å². The van der Waals surface area contributed by atoms with Gasteiger partial charge in [-0.05, 0) is 40.7 Å². The highest BCUT2D eigenvalue weighted by molar-refractivity contribution is 7.41. The molecule has 0 fully saturated rings. The summed E-state index contributed by atoms with van der Waals surface area (Å²) in [5, 5.41) is 3.51. The Morgan fingerprint density at radius 1 is 0.731 bits per heavy atom. The van der Waals surface area contributed by atoms with E-state index in [-0.39, 0.29) is 0 Å². The number of benzene rings is 3. The number of halogens is 3. The van der Waals surface area contributed by atoms with Crippen molar-refractivity contribution in [3.05, 3.63) is 83.9 Å². The van der Waals surface area contributed by atoms with Crippen LogP contribution in [0.4, 0.5) is 13.2 Å². The molecule has 3 aromatic carbocycles. The van der Waals surface area contributed by atoms with Gasteiger partial charge in [0, 0.05) is 10.9 Å². The summed E-state index contributed by atoms with van der Waals surface area (Å²) in [4.78, 5) is 0. The number of hydrogen-bond donors (Lipinski definition) is 0. The molecule has 4 rings (SSSR count). The van der Waals surface area contributed by atoms with Gasteiger partial charge in [0.25, 0.3) is 0 Å². The zero-order chi connectivity index (χ0) is 18.3. The molecule has 0 N–H and O–H groups in total. The smallest absolute Gasteiger partial charge is 0.166 e. The molecule has 0 saturated carbocycles. The number of alkyl halides is 3. The molecular formula is C22H16F3P. The van der Waals surface area contributed by atoms with Gasteiger partial charge in [0.2, 0.25) is 0 Å². The zero-order valence-electron chi connectivity index (χ0n) is 14.1. The SMILES string of the molecule is Cc1ccc(-c2c(-c3ccc(C(F)(F)F)cc3)[pH]c3ccccc23)cc1. The average molecular weight is 368 g/mol. The molecule has 0 aliphatic carbocycles. The van der Waals surface area contributed by atoms with E-state index in [4.69, 9.17) is 0 Å². The van der Waals surface area contributed by atoms with Crippen LogP contribution in [0, 0.1) is 6.92 Å². The van der Waals surface area contributed by atoms with Crippen molar-refractivity contribution in [1.29, 1.82) is 0 Å². The number of aryl methyl sites for hydroxylation is 1. The zero-order valence-corrected chi connectivity index (χ0v) is 15.1. The largest absolute Gasteiger partial charge is 0.416 e. The van der Waals surface area contributed by atoms with Crippen LogP contribution in [0.3, 0.4) is 0 Å². The van der Waals surface area contributed by atoms with Crippen molar-refractivity contribution < 1.29 is 13.2 Å². The van der Waals surface area contributed by atoms with Crippen LogP contribution < -0.4 is 0 Å². The number of fused-ring (bicyclic) bond motifs is 1. The van der Waals surface area contributed by atoms with Gasteiger partial charge in [-0.3, -0.25) is 0 Å². The highest BCUT2D eigenvalue weighted by Gasteiger charge is 2.30. The van der Waals surface area contributed by atoms with E-state index in [9.17, 15) is 13.2 Å². The van der Waals surface area contributed by atoms with E-state index in [0.29, 0.717) is 8.19 Å². The first-order valence-electron chi connectivity index (χ1n) is 8.29. The molecular weight excluding hydrogens is 352 g/mol. The quantitative estimate of drug-likeness (QED) is 0.343. The molecule has 0 nitrogen and oxygen atoms in total. The number of hydrogen-bond acceptors (Lipinski definition) is 0. The molecule has 0 aliphatic heterocycles. The maximum atomic E-state index is 12.9. The highest BCUT2D eigenvalue weighted by atomic mass is 31.0. The molecule has 0 radical (unpaired) electrons. The summed E-state index contributed by atoms with van der Waals surface area (Å²) in [5.41, 5.74) is 3.64. The minimum Gasteiger partial charge on any atom is -0.166 e. The minimum absolute atomic E-state index is 0.433. The van der Waals surface area contributed by atoms with Gasteiger partial charge in [0.15, 0.2) is 0 Å². The predicted molar refractivity (Wildman–Crippen MR) is 104 cm³/mol. The summed E-state index contributed by atoms with van der Waals surface area (Å²) in [5.74, 6) is 0. The standard InChI is InChI=1S/C22H16F3P/c1-14-6-8-15(9-7-14)20-18-4-2-3-5-19(18)26-21(20)16-10-12-17(13-11-16)22(23,24)25/h2-13,26H,1H3. The van der Waals surface area contributed by atoms with E-state index in [1.54, 1.807) is 12.1 Å². The summed E-state index contributed by atoms with van der Waals surface area (Å²) in [7, 11) is 0.433. The third kappa shape index (κ3) is 3.04. The molecule has 130 valence electrons. The van der Waals surface area contributed by atoms with E-state index in [1.807, 2.05) is 19.1 Å². The monoisotopic (exact) mass is 368 g/mol. The lowest BCUT2D eigenvalue weighted by Gasteiger charge is -2.10. The lowest BCUT2D eigenvalue weighted by molar-refractivity contribution is -0.137. The van der Waals surface area contributed by atoms with E-state index in [1.165, 1.54) is 28.2 Å². The Bertz CT molecular complexity index is 1060. The normalized spacial score (nSPS) is 12.2. The first kappa shape index (κ1) is 16.9. The van der Waals surface area contributed by atoms with Gasteiger partial charge in [-0.1, -0.05) is 66.2 Å². The van der Waals surface area contributed by atoms with Gasteiger partial charge in [0.05, 0.1) is 5.56 Å². The van der Waals surface area contributed by atoms with Crippen LogP contribution in [0.5, 0.6) is 0 Å². The predicted octanol–water partition coefficient (Wildman–Crippen LogP) is 7.53. The third-order valence-electron chi connectivity index (χ3n) is 4.55. The van der Waals surface area contributed by atoms with Crippen molar-refractivity contribution in [2.45, 2.75) is 13.1 Å². The Morgan fingerprint density at radius 2 is 1.35 bits per heavy atom. The molecule has 0 saturated heterocycles. The molecule has 0 aliphatic rings. The van der Waals surface area contributed by atoms with Crippen LogP contribution in [0.15, 0.2) is 72.8 Å². The summed E-state index contributed by atoms with van der Waals surface area (Å²) < 4.78 is 38.6. The van der Waals surface area contributed by atoms with Gasteiger partial charge >= 0.3 is 6.18 Å². The van der Waals surface area contributed by atoms with Crippen molar-refractivity contribution in [2.24, 2.45) is 0 Å². The Hall–Kier alpha value is -2.51. The van der Waals surface area contributed by atoms with Crippen molar-refractivity contribution in [3.8, 4) is 22.0 Å². The molecule has 0 amide bonds. The molecule has 1 unspecified atom stereocenters. The van der Waals surface area contributed by atoms with Crippen molar-refractivity contribution in [1.82, 2.24) is 0 Å². The summed E-state index contributed by atoms with van der Waals surface area (Å²) in [6.45, 7) is 2.04. The Kier molecular flexibility index (Phi) is 4.13. The van der Waals surface area contributed by atoms with Crippen molar-refractivity contribution in [3.63, 3.8) is 0 Å². The minimum atomic E-state index is -4.31. The van der Waals surface area contributed by atoms with Gasteiger partial charge in [-0.2, -0.15) is 13.2 Å². The Labute approximate surface area is 151 Å². The molecule has 4 heteroatoms. The highest BCUT2D eigenvalue weighted by Crippen LogP contribution is 2.48. The van der Waals surface area contributed by atoms with Crippen LogP contribution in [-0.4, -0.2) is 0 Å². The fourth-order valence-corrected chi connectivity index (χ4v) is 4.71. The van der Waals surface area contributed by atoms with E-state index < -0.39 is 11.7 Å². The summed E-state index contributed by atoms with van der Waals surface area (Å²) in [6.07, 6.45) is -4.31. The maximum absolute atomic E-state index is 12.9. The molecule has 0 bridgehead atoms. The maximum Gasteiger partial charge on any atom is 0.416 e. The molecule has 1 atom stereocenters. The van der Waals surface area contributed by atoms with Crippen LogP contribution in [-0.2, 0) is 6.18 Å². The second-order valence-electron chi connectivity index (χ2n) is 6.36. The van der Waals surface area contributed by atoms with Crippen molar-refractivity contribution >= 4 is 18.7 Å². The van der Waals surface area contributed by atoms with Crippen LogP contribution >= 0.6 is 8.19 Å². The molecule has 4 aromatic rings. The van der Waals surface area contributed by atoms with Crippen molar-refractivity contribution in [2.75, 3.05) is 0 Å². The topological polar surface area (TPSA) is 0 Å². The van der Waals surface area contributed by atoms with Gasteiger partial charge < -0.3 is 0 Å². The fourth-order valence-electron chi connectivity index (χ4n) is 3.20. The Morgan fingerprint density at radius 3 is 2.00 bits per heavy atom. The first-order chi connectivity index (χ1) is 12.4. The first-order valence-corrected chi connectivity index (χ1v) is 9.29. The van der Waals surface area contributed by atoms with Gasteiger partial charge in [0.1, 0.15) is 0 Å². The summed E-state index contributed by atoms with van der Waals surface area (Å²) >= 11 is 0. The summed E-state index contributed by atoms with van der Waals surface area (Å²) in [6, 6.07) is 22.0. The third-order valence-corrected chi connectivity index (χ3v) is 6.04. The second-order valence-corrected chi connectivity index (χ2v) is 7.65. The lowest BCUT2D eigenvalue weighted by atomic mass is 9.97. The van der Waals surface area contributed by atoms with Gasteiger partial charge in [-0.25, -0.2) is 0 Å². The van der Waals surface area contributed by atoms with Gasteiger partial charge in [-0.15, -0.1) is 8.19 Å². The van der Waals surface area contributed by atoms with E-state index in [2.05, 4.69) is 36.4 Å². The van der Waals surface area contributed by atoms with Crippen LogP contribution in [0.2, 0.25) is 0 Å². The lowest BCUT2D eigenvalue weighted by Crippen LogP contribution is -2.03. The fraction of sp³-hybridized carbons (Fsp3) is 0.0909. The molecule has 0 spiro atoms. The molecule has 1 aromatic heterocycles. The van der Waals surface area contributed by atoms with Crippen LogP contribution in [0.25, 0.3) is 32.5 Å². The molecule has 1 heterocycles. The average Bonchev–Trinajstić information content (AvgIpc) is 3.01.